The molecule has 2 fully saturated rings. The molecule has 7 heteroatoms. The molecule has 2 aliphatic rings. The highest BCUT2D eigenvalue weighted by atomic mass is 32.2. The van der Waals surface area contributed by atoms with Gasteiger partial charge in [-0.2, -0.15) is 4.31 Å². The number of hydrogen-bond acceptors (Lipinski definition) is 4. The Labute approximate surface area is 143 Å². The highest BCUT2D eigenvalue weighted by Gasteiger charge is 2.33. The van der Waals surface area contributed by atoms with Crippen molar-refractivity contribution in [2.75, 3.05) is 33.3 Å². The smallest absolute Gasteiger partial charge is 0.243 e. The lowest BCUT2D eigenvalue weighted by Gasteiger charge is -2.41. The number of halogens is 1. The first-order valence-electron chi connectivity index (χ1n) is 8.53. The Hall–Kier alpha value is -1.02. The van der Waals surface area contributed by atoms with Gasteiger partial charge < -0.3 is 9.64 Å². The van der Waals surface area contributed by atoms with Gasteiger partial charge in [0.1, 0.15) is 5.82 Å². The van der Waals surface area contributed by atoms with Crippen LogP contribution in [0.15, 0.2) is 29.2 Å². The largest absolute Gasteiger partial charge is 0.381 e. The van der Waals surface area contributed by atoms with Crippen molar-refractivity contribution < 1.29 is 17.5 Å². The molecular weight excluding hydrogens is 331 g/mol. The fourth-order valence-electron chi connectivity index (χ4n) is 3.70. The van der Waals surface area contributed by atoms with Crippen LogP contribution in [-0.2, 0) is 14.8 Å². The average Bonchev–Trinajstić information content (AvgIpc) is 2.62. The summed E-state index contributed by atoms with van der Waals surface area (Å²) in [6.07, 6.45) is 4.09. The fourth-order valence-corrected chi connectivity index (χ4v) is 5.20. The van der Waals surface area contributed by atoms with E-state index in [-0.39, 0.29) is 4.90 Å². The van der Waals surface area contributed by atoms with Crippen LogP contribution in [0.3, 0.4) is 0 Å². The van der Waals surface area contributed by atoms with Crippen molar-refractivity contribution in [1.29, 1.82) is 0 Å². The predicted octanol–water partition coefficient (Wildman–Crippen LogP) is 2.09. The summed E-state index contributed by atoms with van der Waals surface area (Å²) in [6, 6.07) is 5.68. The summed E-state index contributed by atoms with van der Waals surface area (Å²) in [5.74, 6) is -0.521. The van der Waals surface area contributed by atoms with E-state index in [4.69, 9.17) is 4.74 Å². The number of nitrogens with zero attached hydrogens (tertiary/aromatic N) is 2. The van der Waals surface area contributed by atoms with Gasteiger partial charge in [-0.1, -0.05) is 6.07 Å². The monoisotopic (exact) mass is 356 g/mol. The molecule has 2 aliphatic heterocycles. The Balaban J connectivity index is 1.59. The second kappa shape index (κ2) is 7.47. The van der Waals surface area contributed by atoms with E-state index in [0.29, 0.717) is 25.2 Å². The molecule has 24 heavy (non-hydrogen) atoms. The van der Waals surface area contributed by atoms with Gasteiger partial charge in [0.15, 0.2) is 0 Å². The Bertz CT molecular complexity index is 652. The van der Waals surface area contributed by atoms with Crippen molar-refractivity contribution in [2.45, 2.75) is 42.7 Å². The fraction of sp³-hybridized carbons (Fsp3) is 0.647. The lowest BCUT2D eigenvalue weighted by molar-refractivity contribution is 0.0190. The topological polar surface area (TPSA) is 49.9 Å². The normalized spacial score (nSPS) is 22.8. The number of ether oxygens (including phenoxy) is 1. The van der Waals surface area contributed by atoms with E-state index >= 15 is 0 Å². The van der Waals surface area contributed by atoms with Crippen LogP contribution in [0.1, 0.15) is 25.7 Å². The van der Waals surface area contributed by atoms with E-state index < -0.39 is 15.8 Å². The summed E-state index contributed by atoms with van der Waals surface area (Å²) in [5.41, 5.74) is 0. The second-order valence-corrected chi connectivity index (χ2v) is 8.50. The quantitative estimate of drug-likeness (QED) is 0.829. The molecule has 0 bridgehead atoms. The maximum absolute atomic E-state index is 13.3. The Kier molecular flexibility index (Phi) is 5.54. The zero-order valence-electron chi connectivity index (χ0n) is 14.0. The van der Waals surface area contributed by atoms with E-state index in [1.165, 1.54) is 22.5 Å². The Morgan fingerprint density at radius 1 is 1.08 bits per heavy atom. The average molecular weight is 356 g/mol. The number of piperidine rings is 2. The van der Waals surface area contributed by atoms with Gasteiger partial charge in [-0.05, 0) is 43.9 Å². The minimum atomic E-state index is -3.60. The molecule has 1 aromatic rings. The lowest BCUT2D eigenvalue weighted by atomic mass is 10.00. The maximum Gasteiger partial charge on any atom is 0.243 e. The maximum atomic E-state index is 13.3. The van der Waals surface area contributed by atoms with E-state index in [1.807, 2.05) is 0 Å². The zero-order valence-corrected chi connectivity index (χ0v) is 14.8. The van der Waals surface area contributed by atoms with Gasteiger partial charge in [-0.3, -0.25) is 0 Å². The SMILES string of the molecule is COC1CCN(C2CCN(S(=O)(=O)c3cccc(F)c3)CC2)CC1. The summed E-state index contributed by atoms with van der Waals surface area (Å²) in [7, 11) is -1.84. The van der Waals surface area contributed by atoms with Gasteiger partial charge in [-0.15, -0.1) is 0 Å². The van der Waals surface area contributed by atoms with Gasteiger partial charge >= 0.3 is 0 Å². The predicted molar refractivity (Wildman–Crippen MR) is 89.8 cm³/mol. The van der Waals surface area contributed by atoms with Crippen LogP contribution in [0.25, 0.3) is 0 Å². The summed E-state index contributed by atoms with van der Waals surface area (Å²) < 4.78 is 45.5. The molecule has 0 N–H and O–H groups in total. The third-order valence-corrected chi connectivity index (χ3v) is 7.08. The summed E-state index contributed by atoms with van der Waals surface area (Å²) >= 11 is 0. The molecule has 0 atom stereocenters. The molecule has 0 radical (unpaired) electrons. The van der Waals surface area contributed by atoms with Crippen LogP contribution in [0.5, 0.6) is 0 Å². The molecule has 0 unspecified atom stereocenters. The van der Waals surface area contributed by atoms with Gasteiger partial charge in [-0.25, -0.2) is 12.8 Å². The molecule has 3 rings (SSSR count). The van der Waals surface area contributed by atoms with Crippen molar-refractivity contribution >= 4 is 10.0 Å². The number of methoxy groups -OCH3 is 1. The number of likely N-dealkylation sites (tertiary alicyclic amines) is 1. The lowest BCUT2D eigenvalue weighted by Crippen LogP contribution is -2.49. The molecule has 0 spiro atoms. The third-order valence-electron chi connectivity index (χ3n) is 5.18. The van der Waals surface area contributed by atoms with Gasteiger partial charge in [0.05, 0.1) is 11.0 Å². The van der Waals surface area contributed by atoms with E-state index in [2.05, 4.69) is 4.90 Å². The van der Waals surface area contributed by atoms with Gasteiger partial charge in [0.2, 0.25) is 10.0 Å². The van der Waals surface area contributed by atoms with E-state index in [9.17, 15) is 12.8 Å². The van der Waals surface area contributed by atoms with Gasteiger partial charge in [0, 0.05) is 39.3 Å². The highest BCUT2D eigenvalue weighted by molar-refractivity contribution is 7.89. The molecule has 5 nitrogen and oxygen atoms in total. The molecule has 1 aromatic carbocycles. The van der Waals surface area contributed by atoms with Crippen LogP contribution in [0, 0.1) is 5.82 Å². The minimum absolute atomic E-state index is 0.0434. The standard InChI is InChI=1S/C17H25FN2O3S/c1-23-16-7-9-19(10-8-16)15-5-11-20(12-6-15)24(21,22)17-4-2-3-14(18)13-17/h2-4,13,15-16H,5-12H2,1H3. The summed E-state index contributed by atoms with van der Waals surface area (Å²) in [4.78, 5) is 2.50. The third kappa shape index (κ3) is 3.79. The molecule has 134 valence electrons. The van der Waals surface area contributed by atoms with Crippen molar-refractivity contribution in [1.82, 2.24) is 9.21 Å². The molecule has 0 aromatic heterocycles. The van der Waals surface area contributed by atoms with Crippen LogP contribution in [0.4, 0.5) is 4.39 Å². The number of hydrogen-bond donors (Lipinski definition) is 0. The minimum Gasteiger partial charge on any atom is -0.381 e. The molecule has 0 saturated carbocycles. The Morgan fingerprint density at radius 3 is 2.33 bits per heavy atom. The molecule has 2 saturated heterocycles. The van der Waals surface area contributed by atoms with E-state index in [1.54, 1.807) is 7.11 Å². The second-order valence-electron chi connectivity index (χ2n) is 6.56. The summed E-state index contributed by atoms with van der Waals surface area (Å²) in [6.45, 7) is 3.01. The van der Waals surface area contributed by atoms with Crippen LogP contribution in [-0.4, -0.2) is 63.1 Å². The number of sulfonamides is 1. The van der Waals surface area contributed by atoms with Crippen molar-refractivity contribution in [3.63, 3.8) is 0 Å². The van der Waals surface area contributed by atoms with Crippen LogP contribution < -0.4 is 0 Å². The first kappa shape index (κ1) is 17.8. The summed E-state index contributed by atoms with van der Waals surface area (Å²) in [5, 5.41) is 0. The number of benzene rings is 1. The molecule has 2 heterocycles. The first-order valence-corrected chi connectivity index (χ1v) is 9.97. The van der Waals surface area contributed by atoms with Crippen molar-refractivity contribution in [3.05, 3.63) is 30.1 Å². The highest BCUT2D eigenvalue weighted by Crippen LogP contribution is 2.25. The zero-order chi connectivity index (χ0) is 17.2. The van der Waals surface area contributed by atoms with Gasteiger partial charge in [0.25, 0.3) is 0 Å². The van der Waals surface area contributed by atoms with Crippen LogP contribution >= 0.6 is 0 Å². The van der Waals surface area contributed by atoms with Crippen molar-refractivity contribution in [2.24, 2.45) is 0 Å². The van der Waals surface area contributed by atoms with Crippen molar-refractivity contribution in [3.8, 4) is 0 Å². The molecular formula is C17H25FN2O3S. The number of rotatable bonds is 4. The Morgan fingerprint density at radius 2 is 1.75 bits per heavy atom. The molecule has 0 aliphatic carbocycles. The first-order chi connectivity index (χ1) is 11.5. The van der Waals surface area contributed by atoms with Crippen LogP contribution in [0.2, 0.25) is 0 Å². The van der Waals surface area contributed by atoms with E-state index in [0.717, 1.165) is 44.8 Å². The molecule has 0 amide bonds.